The molecule has 0 aromatic carbocycles. The first kappa shape index (κ1) is 13.2. The largest absolute Gasteiger partial charge is 0.311 e. The molecule has 0 aliphatic carbocycles. The molecule has 0 rings (SSSR count). The molecule has 3 nitrogen and oxygen atoms in total. The van der Waals surface area contributed by atoms with Crippen molar-refractivity contribution in [2.75, 3.05) is 0 Å². The third-order valence-electron chi connectivity index (χ3n) is 1.97. The molecule has 82 valence electrons. The quantitative estimate of drug-likeness (QED) is 0.420. The normalized spacial score (nSPS) is 14.1. The van der Waals surface area contributed by atoms with E-state index in [-0.39, 0.29) is 11.0 Å². The van der Waals surface area contributed by atoms with Crippen molar-refractivity contribution in [2.45, 2.75) is 47.1 Å². The van der Waals surface area contributed by atoms with E-state index >= 15 is 0 Å². The van der Waals surface area contributed by atoms with Crippen LogP contribution >= 0.6 is 0 Å². The fourth-order valence-corrected chi connectivity index (χ4v) is 0.797. The fraction of sp³-hybridized carbons (Fsp3) is 0.727. The Morgan fingerprint density at radius 3 is 1.86 bits per heavy atom. The van der Waals surface area contributed by atoms with Gasteiger partial charge in [-0.05, 0) is 27.5 Å². The Morgan fingerprint density at radius 1 is 1.21 bits per heavy atom. The molecular formula is C11H23N3. The average molecular weight is 197 g/mol. The van der Waals surface area contributed by atoms with Gasteiger partial charge in [0.2, 0.25) is 0 Å². The highest BCUT2D eigenvalue weighted by atomic mass is 15.4. The molecule has 0 amide bonds. The van der Waals surface area contributed by atoms with Gasteiger partial charge < -0.3 is 5.01 Å². The lowest BCUT2D eigenvalue weighted by atomic mass is 9.92. The number of hydrogen-bond acceptors (Lipinski definition) is 3. The molecule has 0 bridgehead atoms. The predicted octanol–water partition coefficient (Wildman–Crippen LogP) is 2.55. The van der Waals surface area contributed by atoms with Crippen LogP contribution in [0.5, 0.6) is 0 Å². The van der Waals surface area contributed by atoms with E-state index < -0.39 is 0 Å². The van der Waals surface area contributed by atoms with Gasteiger partial charge in [0.1, 0.15) is 0 Å². The Morgan fingerprint density at radius 2 is 1.64 bits per heavy atom. The van der Waals surface area contributed by atoms with Gasteiger partial charge in [-0.25, -0.2) is 5.84 Å². The van der Waals surface area contributed by atoms with Crippen molar-refractivity contribution < 1.29 is 0 Å². The monoisotopic (exact) mass is 197 g/mol. The highest BCUT2D eigenvalue weighted by molar-refractivity contribution is 5.30. The minimum Gasteiger partial charge on any atom is -0.311 e. The van der Waals surface area contributed by atoms with E-state index in [9.17, 15) is 0 Å². The topological polar surface area (TPSA) is 41.6 Å². The van der Waals surface area contributed by atoms with Crippen molar-refractivity contribution in [1.29, 1.82) is 0 Å². The zero-order chi connectivity index (χ0) is 11.6. The maximum atomic E-state index is 5.89. The molecule has 0 spiro atoms. The van der Waals surface area contributed by atoms with Crippen LogP contribution in [0, 0.1) is 5.41 Å². The van der Waals surface area contributed by atoms with Crippen molar-refractivity contribution in [3.05, 3.63) is 11.9 Å². The molecule has 3 heteroatoms. The summed E-state index contributed by atoms with van der Waals surface area (Å²) in [5.74, 6) is 5.89. The minimum absolute atomic E-state index is 0.0232. The van der Waals surface area contributed by atoms with Gasteiger partial charge in [-0.1, -0.05) is 20.8 Å². The number of aliphatic imine (C=N–C) groups is 1. The maximum Gasteiger partial charge on any atom is 0.0623 e. The summed E-state index contributed by atoms with van der Waals surface area (Å²) in [5, 5.41) is 1.67. The molecule has 0 saturated carbocycles. The molecule has 0 saturated heterocycles. The molecule has 2 N–H and O–H groups in total. The van der Waals surface area contributed by atoms with E-state index in [1.165, 1.54) is 0 Å². The molecule has 0 radical (unpaired) electrons. The second-order valence-corrected chi connectivity index (χ2v) is 5.50. The van der Waals surface area contributed by atoms with Gasteiger partial charge >= 0.3 is 0 Å². The highest BCUT2D eigenvalue weighted by Crippen LogP contribution is 2.26. The summed E-state index contributed by atoms with van der Waals surface area (Å²) in [4.78, 5) is 4.00. The third kappa shape index (κ3) is 3.92. The van der Waals surface area contributed by atoms with E-state index in [2.05, 4.69) is 32.5 Å². The van der Waals surface area contributed by atoms with Crippen LogP contribution in [0.3, 0.4) is 0 Å². The smallest absolute Gasteiger partial charge is 0.0623 e. The SMILES string of the molecule is C=N/C(=C\N(N)C(C)(C)C)C(C)(C)C. The summed E-state index contributed by atoms with van der Waals surface area (Å²) in [7, 11) is 0. The van der Waals surface area contributed by atoms with Crippen LogP contribution in [0.25, 0.3) is 0 Å². The Bertz CT molecular complexity index is 228. The number of hydrazine groups is 1. The van der Waals surface area contributed by atoms with Crippen LogP contribution in [-0.4, -0.2) is 17.3 Å². The summed E-state index contributed by atoms with van der Waals surface area (Å²) >= 11 is 0. The van der Waals surface area contributed by atoms with Gasteiger partial charge in [-0.3, -0.25) is 4.99 Å². The Hall–Kier alpha value is -0.830. The van der Waals surface area contributed by atoms with Crippen LogP contribution < -0.4 is 5.84 Å². The first-order valence-electron chi connectivity index (χ1n) is 4.82. The van der Waals surface area contributed by atoms with Gasteiger partial charge in [-0.15, -0.1) is 0 Å². The number of hydrogen-bond donors (Lipinski definition) is 1. The molecular weight excluding hydrogens is 174 g/mol. The maximum absolute atomic E-state index is 5.89. The van der Waals surface area contributed by atoms with Crippen LogP contribution in [0.2, 0.25) is 0 Å². The fourth-order valence-electron chi connectivity index (χ4n) is 0.797. The summed E-state index contributed by atoms with van der Waals surface area (Å²) < 4.78 is 0. The summed E-state index contributed by atoms with van der Waals surface area (Å²) in [5.41, 5.74) is 0.779. The molecule has 0 fully saturated rings. The van der Waals surface area contributed by atoms with Crippen molar-refractivity contribution in [1.82, 2.24) is 5.01 Å². The second-order valence-electron chi connectivity index (χ2n) is 5.50. The molecule has 0 aliphatic rings. The Balaban J connectivity index is 4.88. The van der Waals surface area contributed by atoms with E-state index in [0.29, 0.717) is 0 Å². The lowest BCUT2D eigenvalue weighted by molar-refractivity contribution is 0.205. The molecule has 0 aromatic heterocycles. The summed E-state index contributed by atoms with van der Waals surface area (Å²) in [6.45, 7) is 16.0. The van der Waals surface area contributed by atoms with Gasteiger partial charge in [0.25, 0.3) is 0 Å². The van der Waals surface area contributed by atoms with Crippen molar-refractivity contribution >= 4 is 6.72 Å². The van der Waals surface area contributed by atoms with Crippen molar-refractivity contribution in [3.8, 4) is 0 Å². The lowest BCUT2D eigenvalue weighted by Gasteiger charge is -2.32. The Kier molecular flexibility index (Phi) is 3.89. The summed E-state index contributed by atoms with van der Waals surface area (Å²) in [6, 6.07) is 0. The standard InChI is InChI=1S/C11H23N3/c1-10(2,3)9(13-7)8-14(12)11(4,5)6/h8H,7,12H2,1-6H3/b9-8-. The Labute approximate surface area is 87.7 Å². The molecule has 0 aliphatic heterocycles. The van der Waals surface area contributed by atoms with Gasteiger partial charge in [0.05, 0.1) is 5.70 Å². The third-order valence-corrected chi connectivity index (χ3v) is 1.97. The highest BCUT2D eigenvalue weighted by Gasteiger charge is 2.20. The van der Waals surface area contributed by atoms with Gasteiger partial charge in [0, 0.05) is 17.2 Å². The molecule has 0 atom stereocenters. The van der Waals surface area contributed by atoms with Crippen LogP contribution in [0.15, 0.2) is 16.9 Å². The van der Waals surface area contributed by atoms with E-state index in [0.717, 1.165) is 5.70 Å². The van der Waals surface area contributed by atoms with Gasteiger partial charge in [0.15, 0.2) is 0 Å². The average Bonchev–Trinajstić information content (AvgIpc) is 1.95. The number of rotatable bonds is 2. The first-order chi connectivity index (χ1) is 6.09. The van der Waals surface area contributed by atoms with Crippen LogP contribution in [0.1, 0.15) is 41.5 Å². The molecule has 0 heterocycles. The van der Waals surface area contributed by atoms with Crippen LogP contribution in [0.4, 0.5) is 0 Å². The first-order valence-corrected chi connectivity index (χ1v) is 4.82. The minimum atomic E-state index is -0.0960. The second kappa shape index (κ2) is 4.13. The number of nitrogens with two attached hydrogens (primary N) is 1. The van der Waals surface area contributed by atoms with Crippen molar-refractivity contribution in [3.63, 3.8) is 0 Å². The molecule has 14 heavy (non-hydrogen) atoms. The number of allylic oxidation sites excluding steroid dienone is 1. The van der Waals surface area contributed by atoms with Crippen LogP contribution in [-0.2, 0) is 0 Å². The van der Waals surface area contributed by atoms with E-state index in [4.69, 9.17) is 5.84 Å². The molecule has 0 unspecified atom stereocenters. The zero-order valence-electron chi connectivity index (χ0n) is 10.3. The van der Waals surface area contributed by atoms with E-state index in [1.807, 2.05) is 27.0 Å². The lowest BCUT2D eigenvalue weighted by Crippen LogP contribution is -2.43. The predicted molar refractivity (Wildman–Crippen MR) is 62.9 cm³/mol. The van der Waals surface area contributed by atoms with Gasteiger partial charge in [-0.2, -0.15) is 0 Å². The van der Waals surface area contributed by atoms with E-state index in [1.54, 1.807) is 5.01 Å². The molecule has 0 aromatic rings. The summed E-state index contributed by atoms with van der Waals surface area (Å²) in [6.07, 6.45) is 1.85. The van der Waals surface area contributed by atoms with Crippen molar-refractivity contribution in [2.24, 2.45) is 16.3 Å². The number of nitrogens with zero attached hydrogens (tertiary/aromatic N) is 2. The zero-order valence-corrected chi connectivity index (χ0v) is 10.3.